The Labute approximate surface area is 159 Å². The van der Waals surface area contributed by atoms with E-state index in [2.05, 4.69) is 26.6 Å². The third-order valence-corrected chi connectivity index (χ3v) is 4.57. The predicted molar refractivity (Wildman–Crippen MR) is 107 cm³/mol. The van der Waals surface area contributed by atoms with Gasteiger partial charge in [-0.2, -0.15) is 4.39 Å². The van der Waals surface area contributed by atoms with E-state index in [1.54, 1.807) is 38.5 Å². The van der Waals surface area contributed by atoms with Gasteiger partial charge in [0.1, 0.15) is 12.0 Å². The quantitative estimate of drug-likeness (QED) is 0.757. The van der Waals surface area contributed by atoms with Crippen molar-refractivity contribution in [2.24, 2.45) is 0 Å². The maximum absolute atomic E-state index is 14.2. The summed E-state index contributed by atoms with van der Waals surface area (Å²) in [5.41, 5.74) is 1.65. The van der Waals surface area contributed by atoms with E-state index in [0.717, 1.165) is 48.9 Å². The Kier molecular flexibility index (Phi) is 10.0. The van der Waals surface area contributed by atoms with Crippen molar-refractivity contribution in [1.82, 2.24) is 9.88 Å². The number of rotatable bonds is 3. The lowest BCUT2D eigenvalue weighted by atomic mass is 10.1. The van der Waals surface area contributed by atoms with Crippen molar-refractivity contribution >= 4 is 22.8 Å². The Morgan fingerprint density at radius 3 is 2.15 bits per heavy atom. The van der Waals surface area contributed by atoms with E-state index in [9.17, 15) is 9.18 Å². The van der Waals surface area contributed by atoms with Crippen LogP contribution in [0.1, 0.15) is 24.2 Å². The zero-order chi connectivity index (χ0) is 19.5. The lowest BCUT2D eigenvalue weighted by Gasteiger charge is -2.31. The molecule has 26 heavy (non-hydrogen) atoms. The molecule has 0 saturated carbocycles. The van der Waals surface area contributed by atoms with Crippen LogP contribution in [0.5, 0.6) is 0 Å². The molecule has 0 unspecified atom stereocenters. The van der Waals surface area contributed by atoms with Gasteiger partial charge in [0.2, 0.25) is 5.13 Å². The number of piperazine rings is 1. The molecule has 0 radical (unpaired) electrons. The van der Waals surface area contributed by atoms with Gasteiger partial charge in [0.25, 0.3) is 0 Å². The molecule has 0 N–H and O–H groups in total. The Morgan fingerprint density at radius 2 is 1.65 bits per heavy atom. The lowest BCUT2D eigenvalue weighted by molar-refractivity contribution is 0.112. The second-order valence-electron chi connectivity index (χ2n) is 5.56. The number of hydrogen-bond donors (Lipinski definition) is 0. The Hall–Kier alpha value is -1.83. The van der Waals surface area contributed by atoms with Crippen LogP contribution in [-0.4, -0.2) is 63.6 Å². The number of likely N-dealkylation sites (N-methyl/N-ethyl adjacent to an activating group) is 1. The molecule has 0 aliphatic carbocycles. The van der Waals surface area contributed by atoms with E-state index in [4.69, 9.17) is 0 Å². The number of carbonyl (C=O) groups is 1. The van der Waals surface area contributed by atoms with Crippen molar-refractivity contribution in [2.45, 2.75) is 13.8 Å². The zero-order valence-electron chi connectivity index (χ0n) is 16.2. The van der Waals surface area contributed by atoms with Crippen molar-refractivity contribution in [1.29, 1.82) is 0 Å². The molecule has 1 saturated heterocycles. The fraction of sp³-hybridized carbons (Fsp3) is 0.474. The third kappa shape index (κ3) is 6.16. The van der Waals surface area contributed by atoms with Crippen LogP contribution in [0.15, 0.2) is 24.3 Å². The highest BCUT2D eigenvalue weighted by Crippen LogP contribution is 2.32. The molecule has 1 aromatic carbocycles. The normalized spacial score (nSPS) is 14.0. The Bertz CT molecular complexity index is 653. The molecule has 0 bridgehead atoms. The van der Waals surface area contributed by atoms with Gasteiger partial charge in [0.15, 0.2) is 5.13 Å². The Morgan fingerprint density at radius 1 is 1.12 bits per heavy atom. The van der Waals surface area contributed by atoms with Crippen molar-refractivity contribution in [3.05, 3.63) is 35.0 Å². The zero-order valence-corrected chi connectivity index (χ0v) is 17.0. The molecule has 0 amide bonds. The standard InChI is InChI=1S/C15H16FN3OS.C2H6O.C2H6/c1-18-6-8-19(9-7-18)15-17-13(14(16)21-15)12-4-2-11(10-20)3-5-12;1-3-2;1-2/h2-5,10H,6-9H2,1H3;1-2H3;1-2H3. The van der Waals surface area contributed by atoms with Crippen molar-refractivity contribution in [3.63, 3.8) is 0 Å². The fourth-order valence-electron chi connectivity index (χ4n) is 2.32. The van der Waals surface area contributed by atoms with E-state index in [0.29, 0.717) is 16.8 Å². The molecular formula is C19H28FN3O2S. The maximum atomic E-state index is 14.2. The second-order valence-corrected chi connectivity index (χ2v) is 6.48. The van der Waals surface area contributed by atoms with Gasteiger partial charge < -0.3 is 14.5 Å². The second kappa shape index (κ2) is 11.7. The molecule has 2 aromatic rings. The summed E-state index contributed by atoms with van der Waals surface area (Å²) in [4.78, 5) is 19.5. The molecule has 7 heteroatoms. The minimum atomic E-state index is -0.275. The van der Waals surface area contributed by atoms with Gasteiger partial charge in [0.05, 0.1) is 0 Å². The number of benzene rings is 1. The largest absolute Gasteiger partial charge is 0.388 e. The van der Waals surface area contributed by atoms with Gasteiger partial charge in [-0.3, -0.25) is 4.79 Å². The van der Waals surface area contributed by atoms with Gasteiger partial charge in [-0.1, -0.05) is 49.4 Å². The summed E-state index contributed by atoms with van der Waals surface area (Å²) in [7, 11) is 5.33. The highest BCUT2D eigenvalue weighted by atomic mass is 32.1. The van der Waals surface area contributed by atoms with Crippen LogP contribution < -0.4 is 4.90 Å². The number of hydrogen-bond acceptors (Lipinski definition) is 6. The van der Waals surface area contributed by atoms with Crippen LogP contribution in [0.2, 0.25) is 0 Å². The average molecular weight is 382 g/mol. The minimum Gasteiger partial charge on any atom is -0.388 e. The molecule has 0 atom stereocenters. The third-order valence-electron chi connectivity index (χ3n) is 3.67. The Balaban J connectivity index is 0.000000615. The molecule has 1 aliphatic heterocycles. The van der Waals surface area contributed by atoms with E-state index >= 15 is 0 Å². The first-order chi connectivity index (χ1) is 12.6. The molecule has 1 aliphatic rings. The van der Waals surface area contributed by atoms with Gasteiger partial charge >= 0.3 is 0 Å². The van der Waals surface area contributed by atoms with Crippen LogP contribution in [0.4, 0.5) is 9.52 Å². The first-order valence-electron chi connectivity index (χ1n) is 8.64. The number of thiazole rings is 1. The first kappa shape index (κ1) is 22.2. The summed E-state index contributed by atoms with van der Waals surface area (Å²) in [6, 6.07) is 6.82. The molecule has 144 valence electrons. The topological polar surface area (TPSA) is 45.7 Å². The van der Waals surface area contributed by atoms with E-state index in [1.165, 1.54) is 0 Å². The van der Waals surface area contributed by atoms with Crippen molar-refractivity contribution in [2.75, 3.05) is 52.3 Å². The summed E-state index contributed by atoms with van der Waals surface area (Å²) in [5, 5.41) is 0.456. The molecule has 0 spiro atoms. The number of ether oxygens (including phenoxy) is 1. The fourth-order valence-corrected chi connectivity index (χ4v) is 3.19. The molecule has 5 nitrogen and oxygen atoms in total. The average Bonchev–Trinajstić information content (AvgIpc) is 3.06. The van der Waals surface area contributed by atoms with Crippen LogP contribution in [0.3, 0.4) is 0 Å². The number of nitrogens with zero attached hydrogens (tertiary/aromatic N) is 3. The van der Waals surface area contributed by atoms with Crippen LogP contribution in [-0.2, 0) is 4.74 Å². The van der Waals surface area contributed by atoms with Crippen molar-refractivity contribution in [3.8, 4) is 11.3 Å². The monoisotopic (exact) mass is 381 g/mol. The van der Waals surface area contributed by atoms with Gasteiger partial charge in [0, 0.05) is 51.5 Å². The molecule has 3 rings (SSSR count). The summed E-state index contributed by atoms with van der Waals surface area (Å²) in [5.74, 6) is 0. The smallest absolute Gasteiger partial charge is 0.206 e. The molecular weight excluding hydrogens is 353 g/mol. The first-order valence-corrected chi connectivity index (χ1v) is 9.46. The number of aromatic nitrogens is 1. The number of anilines is 1. The molecule has 2 heterocycles. The van der Waals surface area contributed by atoms with E-state index in [1.807, 2.05) is 13.8 Å². The van der Waals surface area contributed by atoms with Gasteiger partial charge in [-0.05, 0) is 7.05 Å². The highest BCUT2D eigenvalue weighted by molar-refractivity contribution is 7.14. The molecule has 1 aromatic heterocycles. The molecule has 1 fully saturated rings. The predicted octanol–water partition coefficient (Wildman–Crippen LogP) is 3.80. The summed E-state index contributed by atoms with van der Waals surface area (Å²) < 4.78 is 18.4. The van der Waals surface area contributed by atoms with Crippen LogP contribution >= 0.6 is 11.3 Å². The van der Waals surface area contributed by atoms with Gasteiger partial charge in [-0.25, -0.2) is 4.98 Å². The number of carbonyl (C=O) groups excluding carboxylic acids is 1. The van der Waals surface area contributed by atoms with Crippen LogP contribution in [0.25, 0.3) is 11.3 Å². The van der Waals surface area contributed by atoms with E-state index < -0.39 is 0 Å². The number of halogens is 1. The maximum Gasteiger partial charge on any atom is 0.206 e. The van der Waals surface area contributed by atoms with Gasteiger partial charge in [-0.15, -0.1) is 0 Å². The summed E-state index contributed by atoms with van der Waals surface area (Å²) in [6.07, 6.45) is 0.775. The SMILES string of the molecule is CC.CN1CCN(c2nc(-c3ccc(C=O)cc3)c(F)s2)CC1.COC. The number of methoxy groups -OCH3 is 1. The lowest BCUT2D eigenvalue weighted by Crippen LogP contribution is -2.44. The summed E-state index contributed by atoms with van der Waals surface area (Å²) >= 11 is 1.09. The van der Waals surface area contributed by atoms with Crippen molar-refractivity contribution < 1.29 is 13.9 Å². The number of aldehydes is 1. The highest BCUT2D eigenvalue weighted by Gasteiger charge is 2.20. The summed E-state index contributed by atoms with van der Waals surface area (Å²) in [6.45, 7) is 7.66. The van der Waals surface area contributed by atoms with Crippen LogP contribution in [0, 0.1) is 5.13 Å². The van der Waals surface area contributed by atoms with E-state index in [-0.39, 0.29) is 5.13 Å². The minimum absolute atomic E-state index is 0.275.